The van der Waals surface area contributed by atoms with E-state index in [2.05, 4.69) is 5.32 Å². The summed E-state index contributed by atoms with van der Waals surface area (Å²) in [6.45, 7) is 0.446. The number of amides is 2. The molecule has 0 bridgehead atoms. The molecule has 0 spiro atoms. The number of methoxy groups -OCH3 is 1. The van der Waals surface area contributed by atoms with Gasteiger partial charge in [0.05, 0.1) is 7.11 Å². The molecule has 0 aliphatic heterocycles. The fourth-order valence-corrected chi connectivity index (χ4v) is 4.13. The van der Waals surface area contributed by atoms with E-state index in [9.17, 15) is 9.59 Å². The lowest BCUT2D eigenvalue weighted by atomic mass is 10.0. The Balaban J connectivity index is 1.57. The molecule has 4 rings (SSSR count). The molecular formula is C32H32N2O4. The van der Waals surface area contributed by atoms with Gasteiger partial charge in [-0.15, -0.1) is 0 Å². The van der Waals surface area contributed by atoms with Crippen molar-refractivity contribution in [2.45, 2.75) is 25.6 Å². The Morgan fingerprint density at radius 1 is 0.711 bits per heavy atom. The van der Waals surface area contributed by atoms with E-state index >= 15 is 0 Å². The normalized spacial score (nSPS) is 11.3. The summed E-state index contributed by atoms with van der Waals surface area (Å²) in [5.41, 5.74) is 2.83. The van der Waals surface area contributed by atoms with Crippen LogP contribution in [0.25, 0.3) is 0 Å². The van der Waals surface area contributed by atoms with E-state index in [0.717, 1.165) is 22.4 Å². The lowest BCUT2D eigenvalue weighted by Crippen LogP contribution is -2.51. The van der Waals surface area contributed by atoms with Crippen molar-refractivity contribution in [3.63, 3.8) is 0 Å². The molecular weight excluding hydrogens is 476 g/mol. The molecule has 0 radical (unpaired) electrons. The van der Waals surface area contributed by atoms with Gasteiger partial charge in [-0.2, -0.15) is 0 Å². The lowest BCUT2D eigenvalue weighted by Gasteiger charge is -2.31. The van der Waals surface area contributed by atoms with E-state index in [1.165, 1.54) is 0 Å². The van der Waals surface area contributed by atoms with Crippen LogP contribution in [-0.2, 0) is 29.1 Å². The first kappa shape index (κ1) is 26.5. The molecule has 0 fully saturated rings. The number of para-hydroxylation sites is 1. The minimum atomic E-state index is -0.734. The second kappa shape index (κ2) is 13.7. The molecule has 6 nitrogen and oxygen atoms in total. The van der Waals surface area contributed by atoms with Crippen molar-refractivity contribution in [3.8, 4) is 11.5 Å². The Bertz CT molecular complexity index is 1280. The third-order valence-electron chi connectivity index (χ3n) is 6.20. The number of rotatable bonds is 12. The predicted molar refractivity (Wildman–Crippen MR) is 148 cm³/mol. The van der Waals surface area contributed by atoms with Crippen LogP contribution in [0.5, 0.6) is 11.5 Å². The van der Waals surface area contributed by atoms with Crippen LogP contribution in [-0.4, -0.2) is 36.5 Å². The quantitative estimate of drug-likeness (QED) is 0.292. The number of hydrogen-bond donors (Lipinski definition) is 1. The first-order valence-electron chi connectivity index (χ1n) is 12.6. The third-order valence-corrected chi connectivity index (χ3v) is 6.20. The van der Waals surface area contributed by atoms with Crippen molar-refractivity contribution in [1.29, 1.82) is 0 Å². The highest BCUT2D eigenvalue weighted by molar-refractivity contribution is 5.88. The summed E-state index contributed by atoms with van der Waals surface area (Å²) in [5.74, 6) is 0.857. The van der Waals surface area contributed by atoms with Gasteiger partial charge in [0.1, 0.15) is 17.5 Å². The van der Waals surface area contributed by atoms with Crippen molar-refractivity contribution in [1.82, 2.24) is 10.2 Å². The van der Waals surface area contributed by atoms with Gasteiger partial charge in [-0.05, 0) is 41.0 Å². The van der Waals surface area contributed by atoms with Crippen LogP contribution >= 0.6 is 0 Å². The summed E-state index contributed by atoms with van der Waals surface area (Å²) >= 11 is 0. The van der Waals surface area contributed by atoms with Gasteiger partial charge >= 0.3 is 0 Å². The van der Waals surface area contributed by atoms with Crippen molar-refractivity contribution in [3.05, 3.63) is 132 Å². The molecule has 1 N–H and O–H groups in total. The van der Waals surface area contributed by atoms with Crippen LogP contribution < -0.4 is 14.8 Å². The van der Waals surface area contributed by atoms with Crippen LogP contribution in [0.2, 0.25) is 0 Å². The van der Waals surface area contributed by atoms with Crippen LogP contribution in [0, 0.1) is 0 Å². The van der Waals surface area contributed by atoms with E-state index in [-0.39, 0.29) is 25.0 Å². The number of benzene rings is 4. The van der Waals surface area contributed by atoms with E-state index in [1.807, 2.05) is 103 Å². The Hall–Kier alpha value is -4.58. The van der Waals surface area contributed by atoms with Gasteiger partial charge in [0, 0.05) is 19.5 Å². The predicted octanol–water partition coefficient (Wildman–Crippen LogP) is 5.03. The molecule has 4 aromatic carbocycles. The molecule has 0 aromatic heterocycles. The summed E-state index contributed by atoms with van der Waals surface area (Å²) in [7, 11) is 1.62. The minimum Gasteiger partial charge on any atom is -0.497 e. The molecule has 0 heterocycles. The lowest BCUT2D eigenvalue weighted by molar-refractivity contribution is -0.142. The highest BCUT2D eigenvalue weighted by atomic mass is 16.5. The number of hydrogen-bond acceptors (Lipinski definition) is 4. The maximum atomic E-state index is 13.7. The van der Waals surface area contributed by atoms with Crippen LogP contribution in [0.4, 0.5) is 0 Å². The average Bonchev–Trinajstić information content (AvgIpc) is 2.98. The van der Waals surface area contributed by atoms with Gasteiger partial charge < -0.3 is 19.7 Å². The summed E-state index contributed by atoms with van der Waals surface area (Å²) < 4.78 is 11.0. The van der Waals surface area contributed by atoms with Gasteiger partial charge in [-0.25, -0.2) is 0 Å². The third kappa shape index (κ3) is 7.71. The van der Waals surface area contributed by atoms with Gasteiger partial charge in [-0.1, -0.05) is 91.0 Å². The molecule has 38 heavy (non-hydrogen) atoms. The van der Waals surface area contributed by atoms with Gasteiger partial charge in [0.2, 0.25) is 5.91 Å². The number of ether oxygens (including phenoxy) is 2. The summed E-state index contributed by atoms with van der Waals surface area (Å²) in [4.78, 5) is 28.9. The molecule has 1 atom stereocenters. The minimum absolute atomic E-state index is 0.173. The van der Waals surface area contributed by atoms with Gasteiger partial charge in [0.25, 0.3) is 5.91 Å². The highest BCUT2D eigenvalue weighted by Crippen LogP contribution is 2.17. The number of carbonyl (C=O) groups is 2. The van der Waals surface area contributed by atoms with Crippen molar-refractivity contribution in [2.24, 2.45) is 0 Å². The molecule has 0 aliphatic carbocycles. The van der Waals surface area contributed by atoms with E-state index in [0.29, 0.717) is 18.7 Å². The molecule has 2 amide bonds. The van der Waals surface area contributed by atoms with E-state index in [1.54, 1.807) is 24.1 Å². The highest BCUT2D eigenvalue weighted by Gasteiger charge is 2.30. The van der Waals surface area contributed by atoms with Gasteiger partial charge in [-0.3, -0.25) is 9.59 Å². The molecule has 0 saturated heterocycles. The fraction of sp³-hybridized carbons (Fsp3) is 0.188. The maximum absolute atomic E-state index is 13.7. The topological polar surface area (TPSA) is 67.9 Å². The monoisotopic (exact) mass is 508 g/mol. The number of carbonyl (C=O) groups excluding carboxylic acids is 2. The second-order valence-corrected chi connectivity index (χ2v) is 8.88. The van der Waals surface area contributed by atoms with Gasteiger partial charge in [0.15, 0.2) is 6.61 Å². The molecule has 6 heteroatoms. The van der Waals surface area contributed by atoms with Crippen LogP contribution in [0.1, 0.15) is 16.7 Å². The average molecular weight is 509 g/mol. The van der Waals surface area contributed by atoms with Crippen molar-refractivity contribution >= 4 is 11.8 Å². The first-order chi connectivity index (χ1) is 18.6. The SMILES string of the molecule is COc1ccc(CNC(=O)[C@H](Cc2ccccc2)N(Cc2ccccc2)C(=O)COc2ccccc2)cc1. The standard InChI is InChI=1S/C32H32N2O4/c1-37-28-19-17-26(18-20-28)22-33-32(36)30(21-25-11-5-2-6-12-25)34(23-27-13-7-3-8-14-27)31(35)24-38-29-15-9-4-10-16-29/h2-20,30H,21-24H2,1H3,(H,33,36)/t30-/m0/s1. The summed E-state index contributed by atoms with van der Waals surface area (Å²) in [6, 6.07) is 35.4. The molecule has 0 aliphatic rings. The van der Waals surface area contributed by atoms with E-state index < -0.39 is 6.04 Å². The Morgan fingerprint density at radius 3 is 1.89 bits per heavy atom. The number of nitrogens with one attached hydrogen (secondary N) is 1. The largest absolute Gasteiger partial charge is 0.497 e. The van der Waals surface area contributed by atoms with Crippen molar-refractivity contribution < 1.29 is 19.1 Å². The molecule has 0 unspecified atom stereocenters. The van der Waals surface area contributed by atoms with Crippen molar-refractivity contribution in [2.75, 3.05) is 13.7 Å². The first-order valence-corrected chi connectivity index (χ1v) is 12.6. The van der Waals surface area contributed by atoms with E-state index in [4.69, 9.17) is 9.47 Å². The summed E-state index contributed by atoms with van der Waals surface area (Å²) in [5, 5.41) is 3.04. The smallest absolute Gasteiger partial charge is 0.261 e. The Labute approximate surface area is 223 Å². The molecule has 0 saturated carbocycles. The zero-order valence-corrected chi connectivity index (χ0v) is 21.5. The fourth-order valence-electron chi connectivity index (χ4n) is 4.13. The zero-order valence-electron chi connectivity index (χ0n) is 21.5. The van der Waals surface area contributed by atoms with Crippen LogP contribution in [0.15, 0.2) is 115 Å². The molecule has 194 valence electrons. The Kier molecular flexibility index (Phi) is 9.51. The zero-order chi connectivity index (χ0) is 26.6. The van der Waals surface area contributed by atoms with Crippen LogP contribution in [0.3, 0.4) is 0 Å². The Morgan fingerprint density at radius 2 is 1.29 bits per heavy atom. The maximum Gasteiger partial charge on any atom is 0.261 e. The molecule has 4 aromatic rings. The second-order valence-electron chi connectivity index (χ2n) is 8.88. The summed E-state index contributed by atoms with van der Waals surface area (Å²) in [6.07, 6.45) is 0.374. The number of nitrogens with zero attached hydrogens (tertiary/aromatic N) is 1.